The quantitative estimate of drug-likeness (QED) is 0.803. The van der Waals surface area contributed by atoms with E-state index in [-0.39, 0.29) is 18.6 Å². The maximum absolute atomic E-state index is 12.2. The van der Waals surface area contributed by atoms with Crippen LogP contribution in [0.25, 0.3) is 0 Å². The minimum atomic E-state index is -0.0698. The van der Waals surface area contributed by atoms with Gasteiger partial charge in [0, 0.05) is 20.1 Å². The molecule has 1 fully saturated rings. The lowest BCUT2D eigenvalue weighted by atomic mass is 10.1. The zero-order valence-corrected chi connectivity index (χ0v) is 11.7. The monoisotopic (exact) mass is 286 g/mol. The number of nitrogens with zero attached hydrogens (tertiary/aromatic N) is 3. The Kier molecular flexibility index (Phi) is 5.06. The molecule has 0 atom stereocenters. The Bertz CT molecular complexity index is 418. The summed E-state index contributed by atoms with van der Waals surface area (Å²) in [4.78, 5) is 14.0. The summed E-state index contributed by atoms with van der Waals surface area (Å²) in [5.41, 5.74) is 0. The lowest BCUT2D eigenvalue weighted by Gasteiger charge is -2.31. The first-order valence-corrected chi connectivity index (χ1v) is 7.09. The maximum Gasteiger partial charge on any atom is 0.284 e. The second-order valence-corrected chi connectivity index (χ2v) is 5.23. The highest BCUT2D eigenvalue weighted by Gasteiger charge is 2.26. The van der Waals surface area contributed by atoms with Gasteiger partial charge in [-0.25, -0.2) is 0 Å². The van der Waals surface area contributed by atoms with Crippen LogP contribution >= 0.6 is 11.3 Å². The molecule has 7 nitrogen and oxygen atoms in total. The van der Waals surface area contributed by atoms with Gasteiger partial charge < -0.3 is 20.1 Å². The number of rotatable bonds is 5. The van der Waals surface area contributed by atoms with Gasteiger partial charge in [-0.3, -0.25) is 4.79 Å². The predicted octanol–water partition coefficient (Wildman–Crippen LogP) is 0.193. The van der Waals surface area contributed by atoms with Gasteiger partial charge in [0.15, 0.2) is 0 Å². The standard InChI is InChI=1S/C11H18N4O3S/c1-12-11-14-13-9(19-11)10(17)15-4-2-8(3-5-15)18-7-6-16/h8,16H,2-7H2,1H3,(H,12,14). The van der Waals surface area contributed by atoms with Gasteiger partial charge in [-0.2, -0.15) is 0 Å². The molecule has 106 valence electrons. The van der Waals surface area contributed by atoms with Gasteiger partial charge >= 0.3 is 0 Å². The summed E-state index contributed by atoms with van der Waals surface area (Å²) in [7, 11) is 1.75. The average molecular weight is 286 g/mol. The van der Waals surface area contributed by atoms with E-state index in [1.54, 1.807) is 11.9 Å². The molecule has 0 bridgehead atoms. The first-order chi connectivity index (χ1) is 9.24. The number of aliphatic hydroxyl groups excluding tert-OH is 1. The summed E-state index contributed by atoms with van der Waals surface area (Å²) < 4.78 is 5.46. The summed E-state index contributed by atoms with van der Waals surface area (Å²) >= 11 is 1.26. The van der Waals surface area contributed by atoms with Gasteiger partial charge in [-0.15, -0.1) is 10.2 Å². The van der Waals surface area contributed by atoms with E-state index in [2.05, 4.69) is 15.5 Å². The molecule has 0 saturated carbocycles. The van der Waals surface area contributed by atoms with Crippen molar-refractivity contribution in [2.75, 3.05) is 38.7 Å². The van der Waals surface area contributed by atoms with Gasteiger partial charge in [0.2, 0.25) is 10.1 Å². The predicted molar refractivity (Wildman–Crippen MR) is 71.4 cm³/mol. The van der Waals surface area contributed by atoms with Crippen molar-refractivity contribution < 1.29 is 14.6 Å². The van der Waals surface area contributed by atoms with E-state index < -0.39 is 0 Å². The largest absolute Gasteiger partial charge is 0.394 e. The molecule has 0 spiro atoms. The van der Waals surface area contributed by atoms with E-state index >= 15 is 0 Å². The fourth-order valence-electron chi connectivity index (χ4n) is 1.99. The molecule has 2 rings (SSSR count). The summed E-state index contributed by atoms with van der Waals surface area (Å²) in [6.07, 6.45) is 1.73. The molecular weight excluding hydrogens is 268 g/mol. The van der Waals surface area contributed by atoms with E-state index in [9.17, 15) is 4.79 Å². The van der Waals surface area contributed by atoms with Crippen LogP contribution in [0.3, 0.4) is 0 Å². The Labute approximate surface area is 115 Å². The third-order valence-corrected chi connectivity index (χ3v) is 3.92. The molecule has 8 heteroatoms. The number of aliphatic hydroxyl groups is 1. The summed E-state index contributed by atoms with van der Waals surface area (Å²) in [5.74, 6) is -0.0698. The van der Waals surface area contributed by atoms with Crippen molar-refractivity contribution in [2.45, 2.75) is 18.9 Å². The number of hydrogen-bond donors (Lipinski definition) is 2. The van der Waals surface area contributed by atoms with E-state index in [0.29, 0.717) is 29.8 Å². The zero-order valence-electron chi connectivity index (χ0n) is 10.8. The van der Waals surface area contributed by atoms with E-state index in [0.717, 1.165) is 12.8 Å². The number of carbonyl (C=O) groups excluding carboxylic acids is 1. The third kappa shape index (κ3) is 3.62. The van der Waals surface area contributed by atoms with Crippen molar-refractivity contribution in [1.82, 2.24) is 15.1 Å². The van der Waals surface area contributed by atoms with Gasteiger partial charge in [0.1, 0.15) is 0 Å². The van der Waals surface area contributed by atoms with Crippen LogP contribution in [-0.4, -0.2) is 65.6 Å². The molecule has 1 aliphatic heterocycles. The van der Waals surface area contributed by atoms with Crippen LogP contribution in [-0.2, 0) is 4.74 Å². The second kappa shape index (κ2) is 6.78. The second-order valence-electron chi connectivity index (χ2n) is 4.25. The molecule has 0 aromatic carbocycles. The van der Waals surface area contributed by atoms with Gasteiger partial charge in [0.25, 0.3) is 5.91 Å². The van der Waals surface area contributed by atoms with Gasteiger partial charge in [-0.05, 0) is 12.8 Å². The number of anilines is 1. The SMILES string of the molecule is CNc1nnc(C(=O)N2CCC(OCCO)CC2)s1. The molecule has 1 aliphatic rings. The van der Waals surface area contributed by atoms with Crippen molar-refractivity contribution >= 4 is 22.4 Å². The lowest BCUT2D eigenvalue weighted by molar-refractivity contribution is -0.00556. The van der Waals surface area contributed by atoms with E-state index in [1.807, 2.05) is 0 Å². The molecule has 19 heavy (non-hydrogen) atoms. The molecule has 2 N–H and O–H groups in total. The highest BCUT2D eigenvalue weighted by Crippen LogP contribution is 2.20. The van der Waals surface area contributed by atoms with Crippen LogP contribution in [0, 0.1) is 0 Å². The Morgan fingerprint density at radius 1 is 1.53 bits per heavy atom. The Morgan fingerprint density at radius 3 is 2.84 bits per heavy atom. The van der Waals surface area contributed by atoms with E-state index in [1.165, 1.54) is 11.3 Å². The normalized spacial score (nSPS) is 16.6. The van der Waals surface area contributed by atoms with Crippen LogP contribution in [0.1, 0.15) is 22.6 Å². The first-order valence-electron chi connectivity index (χ1n) is 6.27. The lowest BCUT2D eigenvalue weighted by Crippen LogP contribution is -2.41. The third-order valence-electron chi connectivity index (χ3n) is 3.00. The summed E-state index contributed by atoms with van der Waals surface area (Å²) in [6, 6.07) is 0. The number of likely N-dealkylation sites (tertiary alicyclic amines) is 1. The summed E-state index contributed by atoms with van der Waals surface area (Å²) in [6.45, 7) is 1.71. The fourth-order valence-corrected chi connectivity index (χ4v) is 2.66. The van der Waals surface area contributed by atoms with Crippen molar-refractivity contribution in [2.24, 2.45) is 0 Å². The Morgan fingerprint density at radius 2 is 2.26 bits per heavy atom. The van der Waals surface area contributed by atoms with Crippen molar-refractivity contribution in [3.63, 3.8) is 0 Å². The van der Waals surface area contributed by atoms with Crippen LogP contribution < -0.4 is 5.32 Å². The minimum absolute atomic E-state index is 0.0384. The molecule has 0 aliphatic carbocycles. The Balaban J connectivity index is 1.85. The molecular formula is C11H18N4O3S. The molecule has 1 aromatic heterocycles. The number of carbonyl (C=O) groups is 1. The maximum atomic E-state index is 12.2. The van der Waals surface area contributed by atoms with Crippen LogP contribution in [0.4, 0.5) is 5.13 Å². The van der Waals surface area contributed by atoms with Crippen molar-refractivity contribution in [3.05, 3.63) is 5.01 Å². The van der Waals surface area contributed by atoms with Crippen LogP contribution in [0.5, 0.6) is 0 Å². The number of hydrogen-bond acceptors (Lipinski definition) is 7. The minimum Gasteiger partial charge on any atom is -0.394 e. The van der Waals surface area contributed by atoms with Crippen molar-refractivity contribution in [3.8, 4) is 0 Å². The molecule has 0 unspecified atom stereocenters. The molecule has 0 radical (unpaired) electrons. The average Bonchev–Trinajstić information content (AvgIpc) is 2.94. The highest BCUT2D eigenvalue weighted by molar-refractivity contribution is 7.17. The first kappa shape index (κ1) is 14.2. The van der Waals surface area contributed by atoms with E-state index in [4.69, 9.17) is 9.84 Å². The molecule has 2 heterocycles. The van der Waals surface area contributed by atoms with Gasteiger partial charge in [-0.1, -0.05) is 11.3 Å². The number of ether oxygens (including phenoxy) is 1. The van der Waals surface area contributed by atoms with Crippen LogP contribution in [0.2, 0.25) is 0 Å². The van der Waals surface area contributed by atoms with Crippen molar-refractivity contribution in [1.29, 1.82) is 0 Å². The fraction of sp³-hybridized carbons (Fsp3) is 0.727. The number of aromatic nitrogens is 2. The van der Waals surface area contributed by atoms with Crippen LogP contribution in [0.15, 0.2) is 0 Å². The number of amides is 1. The number of nitrogens with one attached hydrogen (secondary N) is 1. The molecule has 1 aromatic rings. The van der Waals surface area contributed by atoms with Gasteiger partial charge in [0.05, 0.1) is 19.3 Å². The molecule has 1 amide bonds. The summed E-state index contributed by atoms with van der Waals surface area (Å²) in [5, 5.41) is 20.4. The zero-order chi connectivity index (χ0) is 13.7. The highest BCUT2D eigenvalue weighted by atomic mass is 32.1. The topological polar surface area (TPSA) is 87.6 Å². The smallest absolute Gasteiger partial charge is 0.284 e. The number of piperidine rings is 1. The molecule has 1 saturated heterocycles. The Hall–Kier alpha value is -1.25.